The van der Waals surface area contributed by atoms with Gasteiger partial charge in [0, 0.05) is 18.5 Å². The number of nitrogens with two attached hydrogens (primary N) is 1. The molecule has 0 atom stereocenters. The molecule has 0 unspecified atom stereocenters. The predicted molar refractivity (Wildman–Crippen MR) is 95.6 cm³/mol. The smallest absolute Gasteiger partial charge is 0.416 e. The maximum atomic E-state index is 12.8. The Kier molecular flexibility index (Phi) is 5.08. The minimum absolute atomic E-state index is 0.0118. The monoisotopic (exact) mass is 409 g/mol. The number of anilines is 2. The van der Waals surface area contributed by atoms with Gasteiger partial charge in [0.25, 0.3) is 5.91 Å². The molecule has 1 saturated carbocycles. The van der Waals surface area contributed by atoms with Crippen molar-refractivity contribution < 1.29 is 22.7 Å². The largest absolute Gasteiger partial charge is 0.460 e. The van der Waals surface area contributed by atoms with Crippen LogP contribution in [0.1, 0.15) is 24.0 Å². The Morgan fingerprint density at radius 3 is 2.68 bits per heavy atom. The van der Waals surface area contributed by atoms with Gasteiger partial charge in [0.15, 0.2) is 5.60 Å². The fraction of sp³-hybridized carbons (Fsp3) is 0.294. The summed E-state index contributed by atoms with van der Waals surface area (Å²) in [7, 11) is 0. The van der Waals surface area contributed by atoms with Crippen LogP contribution < -0.4 is 15.8 Å². The SMILES string of the molecule is CSc1nc(N)nc(OC2(C(=O)Nc3cccc(C(F)(F)F)c3)CC2)c1C#N. The zero-order chi connectivity index (χ0) is 20.5. The van der Waals surface area contributed by atoms with Crippen LogP contribution in [0.25, 0.3) is 0 Å². The number of carbonyl (C=O) groups excluding carboxylic acids is 1. The number of ether oxygens (including phenoxy) is 1. The highest BCUT2D eigenvalue weighted by Gasteiger charge is 2.54. The summed E-state index contributed by atoms with van der Waals surface area (Å²) in [5.41, 5.74) is 3.45. The van der Waals surface area contributed by atoms with Crippen LogP contribution in [-0.2, 0) is 11.0 Å². The molecule has 0 radical (unpaired) electrons. The molecular formula is C17H14F3N5O2S. The summed E-state index contributed by atoms with van der Waals surface area (Å²) in [5, 5.41) is 12.1. The third-order valence-corrected chi connectivity index (χ3v) is 4.70. The third kappa shape index (κ3) is 3.96. The quantitative estimate of drug-likeness (QED) is 0.576. The summed E-state index contributed by atoms with van der Waals surface area (Å²) < 4.78 is 44.2. The maximum Gasteiger partial charge on any atom is 0.416 e. The molecule has 1 aromatic heterocycles. The van der Waals surface area contributed by atoms with Crippen LogP contribution in [0.15, 0.2) is 29.3 Å². The van der Waals surface area contributed by atoms with Crippen LogP contribution in [0.5, 0.6) is 5.88 Å². The van der Waals surface area contributed by atoms with Gasteiger partial charge in [-0.1, -0.05) is 6.07 Å². The Bertz CT molecular complexity index is 970. The van der Waals surface area contributed by atoms with Crippen LogP contribution in [0.4, 0.5) is 24.8 Å². The molecule has 3 rings (SSSR count). The number of benzene rings is 1. The predicted octanol–water partition coefficient (Wildman–Crippen LogP) is 3.22. The number of nitrogens with one attached hydrogen (secondary N) is 1. The van der Waals surface area contributed by atoms with Crippen molar-refractivity contribution in [2.24, 2.45) is 0 Å². The Morgan fingerprint density at radius 1 is 1.39 bits per heavy atom. The standard InChI is InChI=1S/C17H14F3N5O2S/c1-28-13-11(8-21)12(24-15(22)25-13)27-16(5-6-16)14(26)23-10-4-2-3-9(7-10)17(18,19)20/h2-4,7H,5-6H2,1H3,(H,23,26)(H2,22,24,25). The van der Waals surface area contributed by atoms with E-state index < -0.39 is 23.2 Å². The number of nitriles is 1. The van der Waals surface area contributed by atoms with Crippen molar-refractivity contribution in [1.82, 2.24) is 9.97 Å². The van der Waals surface area contributed by atoms with E-state index in [1.54, 1.807) is 6.26 Å². The highest BCUT2D eigenvalue weighted by molar-refractivity contribution is 7.98. The Hall–Kier alpha value is -3.00. The van der Waals surface area contributed by atoms with E-state index in [9.17, 15) is 23.2 Å². The van der Waals surface area contributed by atoms with Gasteiger partial charge in [-0.3, -0.25) is 4.79 Å². The lowest BCUT2D eigenvalue weighted by Crippen LogP contribution is -2.35. The molecule has 1 heterocycles. The molecule has 0 saturated heterocycles. The summed E-state index contributed by atoms with van der Waals surface area (Å²) in [6.07, 6.45) is -2.19. The molecular weight excluding hydrogens is 395 g/mol. The lowest BCUT2D eigenvalue weighted by Gasteiger charge is -2.19. The van der Waals surface area contributed by atoms with Gasteiger partial charge < -0.3 is 15.8 Å². The number of amides is 1. The van der Waals surface area contributed by atoms with Crippen molar-refractivity contribution in [3.05, 3.63) is 35.4 Å². The first kappa shape index (κ1) is 19.8. The molecule has 1 fully saturated rings. The second-order valence-electron chi connectivity index (χ2n) is 6.01. The molecule has 146 valence electrons. The van der Waals surface area contributed by atoms with Crippen LogP contribution in [0.2, 0.25) is 0 Å². The minimum atomic E-state index is -4.52. The van der Waals surface area contributed by atoms with Gasteiger partial charge >= 0.3 is 6.18 Å². The lowest BCUT2D eigenvalue weighted by molar-refractivity contribution is -0.137. The molecule has 2 aromatic rings. The average molecular weight is 409 g/mol. The van der Waals surface area contributed by atoms with Gasteiger partial charge in [-0.05, 0) is 24.5 Å². The Balaban J connectivity index is 1.83. The molecule has 0 spiro atoms. The molecule has 7 nitrogen and oxygen atoms in total. The zero-order valence-electron chi connectivity index (χ0n) is 14.5. The lowest BCUT2D eigenvalue weighted by atomic mass is 10.2. The highest BCUT2D eigenvalue weighted by Crippen LogP contribution is 2.42. The Labute approximate surface area is 162 Å². The van der Waals surface area contributed by atoms with E-state index in [0.29, 0.717) is 17.9 Å². The van der Waals surface area contributed by atoms with Crippen molar-refractivity contribution in [3.8, 4) is 11.9 Å². The van der Waals surface area contributed by atoms with Gasteiger partial charge in [-0.2, -0.15) is 23.4 Å². The number of rotatable bonds is 5. The second-order valence-corrected chi connectivity index (χ2v) is 6.81. The first-order valence-corrected chi connectivity index (χ1v) is 9.20. The molecule has 1 amide bonds. The fourth-order valence-electron chi connectivity index (χ4n) is 2.45. The van der Waals surface area contributed by atoms with Crippen molar-refractivity contribution >= 4 is 29.3 Å². The number of carbonyl (C=O) groups is 1. The highest BCUT2D eigenvalue weighted by atomic mass is 32.2. The van der Waals surface area contributed by atoms with Crippen molar-refractivity contribution in [2.75, 3.05) is 17.3 Å². The molecule has 0 aliphatic heterocycles. The molecule has 28 heavy (non-hydrogen) atoms. The van der Waals surface area contributed by atoms with Crippen molar-refractivity contribution in [3.63, 3.8) is 0 Å². The number of nitrogen functional groups attached to an aromatic ring is 1. The van der Waals surface area contributed by atoms with Crippen LogP contribution in [0, 0.1) is 11.3 Å². The molecule has 1 aromatic carbocycles. The van der Waals surface area contributed by atoms with E-state index >= 15 is 0 Å². The summed E-state index contributed by atoms with van der Waals surface area (Å²) in [6, 6.07) is 6.21. The van der Waals surface area contributed by atoms with Gasteiger partial charge in [0.05, 0.1) is 5.56 Å². The first-order chi connectivity index (χ1) is 13.2. The maximum absolute atomic E-state index is 12.8. The first-order valence-electron chi connectivity index (χ1n) is 7.98. The fourth-order valence-corrected chi connectivity index (χ4v) is 2.97. The van der Waals surface area contributed by atoms with Crippen molar-refractivity contribution in [1.29, 1.82) is 5.26 Å². The summed E-state index contributed by atoms with van der Waals surface area (Å²) in [6.45, 7) is 0. The number of thioether (sulfide) groups is 1. The zero-order valence-corrected chi connectivity index (χ0v) is 15.3. The number of halogens is 3. The van der Waals surface area contributed by atoms with E-state index in [4.69, 9.17) is 10.5 Å². The number of aromatic nitrogens is 2. The van der Waals surface area contributed by atoms with E-state index in [-0.39, 0.29) is 23.1 Å². The average Bonchev–Trinajstić information content (AvgIpc) is 3.41. The summed E-state index contributed by atoms with van der Waals surface area (Å²) >= 11 is 1.17. The Morgan fingerprint density at radius 2 is 2.11 bits per heavy atom. The number of hydrogen-bond acceptors (Lipinski definition) is 7. The van der Waals surface area contributed by atoms with Gasteiger partial charge in [-0.15, -0.1) is 11.8 Å². The number of alkyl halides is 3. The summed E-state index contributed by atoms with van der Waals surface area (Å²) in [4.78, 5) is 20.5. The molecule has 1 aliphatic carbocycles. The number of nitrogens with zero attached hydrogens (tertiary/aromatic N) is 3. The molecule has 1 aliphatic rings. The number of hydrogen-bond donors (Lipinski definition) is 2. The van der Waals surface area contributed by atoms with Gasteiger partial charge in [0.1, 0.15) is 16.7 Å². The van der Waals surface area contributed by atoms with Crippen LogP contribution >= 0.6 is 11.8 Å². The van der Waals surface area contributed by atoms with E-state index in [1.807, 2.05) is 6.07 Å². The van der Waals surface area contributed by atoms with E-state index in [1.165, 1.54) is 23.9 Å². The van der Waals surface area contributed by atoms with E-state index in [2.05, 4.69) is 15.3 Å². The van der Waals surface area contributed by atoms with Gasteiger partial charge in [-0.25, -0.2) is 4.98 Å². The molecule has 11 heteroatoms. The van der Waals surface area contributed by atoms with E-state index in [0.717, 1.165) is 12.1 Å². The molecule has 3 N–H and O–H groups in total. The normalized spacial score (nSPS) is 14.8. The van der Waals surface area contributed by atoms with Gasteiger partial charge in [0.2, 0.25) is 11.8 Å². The van der Waals surface area contributed by atoms with Crippen LogP contribution in [0.3, 0.4) is 0 Å². The second kappa shape index (κ2) is 7.20. The topological polar surface area (TPSA) is 114 Å². The third-order valence-electron chi connectivity index (χ3n) is 4.02. The van der Waals surface area contributed by atoms with Crippen molar-refractivity contribution in [2.45, 2.75) is 29.6 Å². The minimum Gasteiger partial charge on any atom is -0.460 e. The summed E-state index contributed by atoms with van der Waals surface area (Å²) in [5.74, 6) is -0.873. The molecule has 0 bridgehead atoms. The van der Waals surface area contributed by atoms with Crippen LogP contribution in [-0.4, -0.2) is 27.7 Å².